The van der Waals surface area contributed by atoms with Gasteiger partial charge < -0.3 is 14.8 Å². The Kier molecular flexibility index (Phi) is 5.95. The lowest BCUT2D eigenvalue weighted by Gasteiger charge is -2.39. The summed E-state index contributed by atoms with van der Waals surface area (Å²) in [5.74, 6) is 1.56. The standard InChI is InChI=1S/C28H29NO3/c30-27(29-20-22-13-9-19-31-22)28(18-8-12-21-10-2-1-3-11-21)23-14-4-6-16-25(23)32-26-17-7-5-15-24(26)28/h1-7,10-11,14-17,22H,8-9,12-13,18-20H2,(H,29,30). The predicted molar refractivity (Wildman–Crippen MR) is 125 cm³/mol. The second kappa shape index (κ2) is 9.17. The van der Waals surface area contributed by atoms with Crippen molar-refractivity contribution in [1.29, 1.82) is 0 Å². The molecular weight excluding hydrogens is 398 g/mol. The van der Waals surface area contributed by atoms with Gasteiger partial charge in [0, 0.05) is 24.3 Å². The molecule has 1 N–H and O–H groups in total. The summed E-state index contributed by atoms with van der Waals surface area (Å²) in [7, 11) is 0. The fourth-order valence-corrected chi connectivity index (χ4v) is 5.07. The van der Waals surface area contributed by atoms with E-state index in [4.69, 9.17) is 9.47 Å². The number of carbonyl (C=O) groups is 1. The summed E-state index contributed by atoms with van der Waals surface area (Å²) in [4.78, 5) is 14.0. The van der Waals surface area contributed by atoms with E-state index in [9.17, 15) is 4.79 Å². The maximum Gasteiger partial charge on any atom is 0.235 e. The van der Waals surface area contributed by atoms with Gasteiger partial charge in [0.1, 0.15) is 16.9 Å². The van der Waals surface area contributed by atoms with Gasteiger partial charge in [-0.05, 0) is 49.8 Å². The average molecular weight is 428 g/mol. The summed E-state index contributed by atoms with van der Waals surface area (Å²) in [6, 6.07) is 26.4. The Labute approximate surface area is 189 Å². The van der Waals surface area contributed by atoms with Crippen LogP contribution in [0.15, 0.2) is 78.9 Å². The first-order chi connectivity index (χ1) is 15.8. The molecule has 0 bridgehead atoms. The van der Waals surface area contributed by atoms with Crippen molar-refractivity contribution in [2.75, 3.05) is 13.2 Å². The van der Waals surface area contributed by atoms with E-state index in [-0.39, 0.29) is 12.0 Å². The van der Waals surface area contributed by atoms with E-state index in [1.807, 2.05) is 54.6 Å². The van der Waals surface area contributed by atoms with Crippen molar-refractivity contribution < 1.29 is 14.3 Å². The third kappa shape index (κ3) is 3.91. The van der Waals surface area contributed by atoms with Crippen LogP contribution in [-0.4, -0.2) is 25.2 Å². The van der Waals surface area contributed by atoms with Gasteiger partial charge in [-0.25, -0.2) is 0 Å². The normalized spacial score (nSPS) is 18.3. The van der Waals surface area contributed by atoms with E-state index < -0.39 is 5.41 Å². The molecule has 0 spiro atoms. The first kappa shape index (κ1) is 20.8. The van der Waals surface area contributed by atoms with Gasteiger partial charge in [-0.15, -0.1) is 0 Å². The molecule has 3 aromatic rings. The molecule has 4 nitrogen and oxygen atoms in total. The van der Waals surface area contributed by atoms with Gasteiger partial charge in [-0.1, -0.05) is 66.7 Å². The molecule has 1 atom stereocenters. The fraction of sp³-hybridized carbons (Fsp3) is 0.321. The summed E-state index contributed by atoms with van der Waals surface area (Å²) in [6.07, 6.45) is 4.68. The highest BCUT2D eigenvalue weighted by Crippen LogP contribution is 2.50. The van der Waals surface area contributed by atoms with E-state index >= 15 is 0 Å². The highest BCUT2D eigenvalue weighted by Gasteiger charge is 2.47. The number of benzene rings is 3. The van der Waals surface area contributed by atoms with E-state index in [0.717, 1.165) is 54.9 Å². The van der Waals surface area contributed by atoms with Crippen molar-refractivity contribution in [2.45, 2.75) is 43.6 Å². The lowest BCUT2D eigenvalue weighted by atomic mass is 9.68. The Morgan fingerprint density at radius 2 is 1.56 bits per heavy atom. The highest BCUT2D eigenvalue weighted by molar-refractivity contribution is 5.94. The minimum Gasteiger partial charge on any atom is -0.457 e. The molecule has 0 aromatic heterocycles. The molecular formula is C28H29NO3. The van der Waals surface area contributed by atoms with Crippen LogP contribution in [0.1, 0.15) is 42.4 Å². The van der Waals surface area contributed by atoms with Crippen LogP contribution in [0.5, 0.6) is 11.5 Å². The van der Waals surface area contributed by atoms with Gasteiger partial charge in [0.15, 0.2) is 0 Å². The Morgan fingerprint density at radius 1 is 0.906 bits per heavy atom. The number of amides is 1. The summed E-state index contributed by atoms with van der Waals surface area (Å²) in [6.45, 7) is 1.33. The number of aryl methyl sites for hydroxylation is 1. The van der Waals surface area contributed by atoms with Crippen molar-refractivity contribution in [1.82, 2.24) is 5.32 Å². The molecule has 1 saturated heterocycles. The molecule has 0 saturated carbocycles. The number of carbonyl (C=O) groups excluding carboxylic acids is 1. The minimum absolute atomic E-state index is 0.0317. The Balaban J connectivity index is 1.51. The Hall–Kier alpha value is -3.11. The van der Waals surface area contributed by atoms with Gasteiger partial charge in [0.05, 0.1) is 6.10 Å². The average Bonchev–Trinajstić information content (AvgIpc) is 3.36. The van der Waals surface area contributed by atoms with Crippen LogP contribution in [0.25, 0.3) is 0 Å². The lowest BCUT2D eigenvalue weighted by molar-refractivity contribution is -0.126. The first-order valence-corrected chi connectivity index (χ1v) is 11.6. The second-order valence-corrected chi connectivity index (χ2v) is 8.68. The molecule has 1 amide bonds. The third-order valence-corrected chi connectivity index (χ3v) is 6.68. The van der Waals surface area contributed by atoms with E-state index in [2.05, 4.69) is 29.6 Å². The van der Waals surface area contributed by atoms with Crippen molar-refractivity contribution in [3.05, 3.63) is 95.6 Å². The molecule has 1 fully saturated rings. The van der Waals surface area contributed by atoms with Crippen LogP contribution in [0.4, 0.5) is 0 Å². The summed E-state index contributed by atoms with van der Waals surface area (Å²) < 4.78 is 12.0. The van der Waals surface area contributed by atoms with E-state index in [1.54, 1.807) is 0 Å². The van der Waals surface area contributed by atoms with Gasteiger partial charge in [0.2, 0.25) is 5.91 Å². The van der Waals surface area contributed by atoms with Crippen LogP contribution >= 0.6 is 0 Å². The van der Waals surface area contributed by atoms with Crippen molar-refractivity contribution in [3.63, 3.8) is 0 Å². The van der Waals surface area contributed by atoms with Crippen LogP contribution < -0.4 is 10.1 Å². The summed E-state index contributed by atoms with van der Waals surface area (Å²) in [5, 5.41) is 3.25. The topological polar surface area (TPSA) is 47.6 Å². The van der Waals surface area contributed by atoms with Crippen LogP contribution in [0.2, 0.25) is 0 Å². The molecule has 164 valence electrons. The molecule has 0 aliphatic carbocycles. The molecule has 32 heavy (non-hydrogen) atoms. The number of ether oxygens (including phenoxy) is 2. The summed E-state index contributed by atoms with van der Waals surface area (Å²) >= 11 is 0. The number of rotatable bonds is 7. The lowest BCUT2D eigenvalue weighted by Crippen LogP contribution is -2.48. The van der Waals surface area contributed by atoms with Crippen LogP contribution in [-0.2, 0) is 21.4 Å². The molecule has 0 radical (unpaired) electrons. The Bertz CT molecular complexity index is 1030. The van der Waals surface area contributed by atoms with Crippen LogP contribution in [0.3, 0.4) is 0 Å². The maximum atomic E-state index is 14.0. The quantitative estimate of drug-likeness (QED) is 0.549. The zero-order valence-electron chi connectivity index (χ0n) is 18.3. The van der Waals surface area contributed by atoms with E-state index in [0.29, 0.717) is 13.0 Å². The number of hydrogen-bond acceptors (Lipinski definition) is 3. The van der Waals surface area contributed by atoms with Gasteiger partial charge in [0.25, 0.3) is 0 Å². The number of para-hydroxylation sites is 2. The SMILES string of the molecule is O=C(NCC1CCCO1)C1(CCCc2ccccc2)c2ccccc2Oc2ccccc21. The highest BCUT2D eigenvalue weighted by atomic mass is 16.5. The number of fused-ring (bicyclic) bond motifs is 2. The number of hydrogen-bond donors (Lipinski definition) is 1. The molecule has 2 heterocycles. The molecule has 1 unspecified atom stereocenters. The zero-order valence-corrected chi connectivity index (χ0v) is 18.3. The van der Waals surface area contributed by atoms with Gasteiger partial charge in [-0.3, -0.25) is 4.79 Å². The zero-order chi connectivity index (χ0) is 21.8. The van der Waals surface area contributed by atoms with Crippen molar-refractivity contribution >= 4 is 5.91 Å². The monoisotopic (exact) mass is 427 g/mol. The van der Waals surface area contributed by atoms with Crippen molar-refractivity contribution in [2.24, 2.45) is 0 Å². The minimum atomic E-state index is -0.793. The largest absolute Gasteiger partial charge is 0.457 e. The molecule has 3 aromatic carbocycles. The van der Waals surface area contributed by atoms with E-state index in [1.165, 1.54) is 5.56 Å². The smallest absolute Gasteiger partial charge is 0.235 e. The molecule has 4 heteroatoms. The van der Waals surface area contributed by atoms with Crippen LogP contribution in [0, 0.1) is 0 Å². The number of nitrogens with one attached hydrogen (secondary N) is 1. The fourth-order valence-electron chi connectivity index (χ4n) is 5.07. The Morgan fingerprint density at radius 3 is 2.22 bits per heavy atom. The second-order valence-electron chi connectivity index (χ2n) is 8.68. The summed E-state index contributed by atoms with van der Waals surface area (Å²) in [5.41, 5.74) is 2.38. The van der Waals surface area contributed by atoms with Gasteiger partial charge in [-0.2, -0.15) is 0 Å². The van der Waals surface area contributed by atoms with Gasteiger partial charge >= 0.3 is 0 Å². The predicted octanol–water partition coefficient (Wildman–Crippen LogP) is 5.40. The first-order valence-electron chi connectivity index (χ1n) is 11.6. The van der Waals surface area contributed by atoms with Crippen molar-refractivity contribution in [3.8, 4) is 11.5 Å². The molecule has 5 rings (SSSR count). The molecule has 2 aliphatic rings. The molecule has 2 aliphatic heterocycles. The maximum absolute atomic E-state index is 14.0. The third-order valence-electron chi connectivity index (χ3n) is 6.68.